The van der Waals surface area contributed by atoms with Gasteiger partial charge in [-0.15, -0.1) is 0 Å². The molecule has 0 aliphatic carbocycles. The van der Waals surface area contributed by atoms with E-state index in [1.165, 1.54) is 26.2 Å². The van der Waals surface area contributed by atoms with Crippen molar-refractivity contribution in [3.63, 3.8) is 0 Å². The number of rotatable bonds is 0. The summed E-state index contributed by atoms with van der Waals surface area (Å²) < 4.78 is 0. The van der Waals surface area contributed by atoms with E-state index in [1.54, 1.807) is 11.1 Å². The van der Waals surface area contributed by atoms with Crippen molar-refractivity contribution < 1.29 is 0 Å². The van der Waals surface area contributed by atoms with Gasteiger partial charge >= 0.3 is 0 Å². The molecule has 0 aromatic carbocycles. The van der Waals surface area contributed by atoms with E-state index in [2.05, 4.69) is 51.3 Å². The molecule has 0 N–H and O–H groups in total. The first-order valence-corrected chi connectivity index (χ1v) is 6.38. The van der Waals surface area contributed by atoms with Crippen molar-refractivity contribution in [3.05, 3.63) is 11.1 Å². The van der Waals surface area contributed by atoms with E-state index in [0.717, 1.165) is 0 Å². The van der Waals surface area contributed by atoms with Crippen LogP contribution in [0.3, 0.4) is 0 Å². The molecule has 2 aliphatic heterocycles. The molecule has 0 aromatic heterocycles. The molecule has 0 unspecified atom stereocenters. The summed E-state index contributed by atoms with van der Waals surface area (Å²) in [5.74, 6) is 0. The van der Waals surface area contributed by atoms with Gasteiger partial charge in [-0.25, -0.2) is 0 Å². The van der Waals surface area contributed by atoms with Crippen molar-refractivity contribution in [2.75, 3.05) is 26.2 Å². The monoisotopic (exact) mass is 222 g/mol. The van der Waals surface area contributed by atoms with Gasteiger partial charge in [0.05, 0.1) is 0 Å². The Morgan fingerprint density at radius 3 is 1.06 bits per heavy atom. The smallest absolute Gasteiger partial charge is 0.0217 e. The van der Waals surface area contributed by atoms with Crippen molar-refractivity contribution in [1.82, 2.24) is 9.80 Å². The van der Waals surface area contributed by atoms with Crippen molar-refractivity contribution in [1.29, 1.82) is 0 Å². The van der Waals surface area contributed by atoms with Crippen LogP contribution in [0.2, 0.25) is 0 Å². The molecule has 92 valence electrons. The molecule has 0 saturated heterocycles. The Hall–Kier alpha value is -0.340. The van der Waals surface area contributed by atoms with Crippen LogP contribution in [0.15, 0.2) is 11.1 Å². The lowest BCUT2D eigenvalue weighted by Gasteiger charge is -2.37. The molecule has 2 nitrogen and oxygen atoms in total. The van der Waals surface area contributed by atoms with E-state index in [1.807, 2.05) is 0 Å². The second-order valence-corrected chi connectivity index (χ2v) is 7.26. The fourth-order valence-electron chi connectivity index (χ4n) is 2.53. The van der Waals surface area contributed by atoms with Crippen molar-refractivity contribution >= 4 is 0 Å². The van der Waals surface area contributed by atoms with Gasteiger partial charge in [0.1, 0.15) is 0 Å². The molecule has 16 heavy (non-hydrogen) atoms. The standard InChI is InChI=1S/C14H26N2/c1-13(2,3)15-7-11-9-16(14(4,5)6)10-12(11)8-15/h7-10H2,1-6H3. The van der Waals surface area contributed by atoms with Crippen molar-refractivity contribution in [2.24, 2.45) is 0 Å². The first-order valence-electron chi connectivity index (χ1n) is 6.38. The molecule has 0 aromatic rings. The molecule has 0 saturated carbocycles. The molecule has 0 fully saturated rings. The van der Waals surface area contributed by atoms with E-state index < -0.39 is 0 Å². The minimum atomic E-state index is 0.316. The lowest BCUT2D eigenvalue weighted by molar-refractivity contribution is 0.141. The van der Waals surface area contributed by atoms with Crippen LogP contribution in [0.25, 0.3) is 0 Å². The van der Waals surface area contributed by atoms with Crippen LogP contribution >= 0.6 is 0 Å². The Bertz CT molecular complexity index is 267. The second-order valence-electron chi connectivity index (χ2n) is 7.26. The van der Waals surface area contributed by atoms with Gasteiger partial charge in [0.15, 0.2) is 0 Å². The quantitative estimate of drug-likeness (QED) is 0.581. The van der Waals surface area contributed by atoms with Crippen LogP contribution in [0.4, 0.5) is 0 Å². The van der Waals surface area contributed by atoms with Gasteiger partial charge in [-0.2, -0.15) is 0 Å². The fraction of sp³-hybridized carbons (Fsp3) is 0.857. The Morgan fingerprint density at radius 1 is 0.625 bits per heavy atom. The maximum Gasteiger partial charge on any atom is 0.0217 e. The molecule has 0 radical (unpaired) electrons. The normalized spacial score (nSPS) is 24.4. The van der Waals surface area contributed by atoms with Crippen molar-refractivity contribution in [3.8, 4) is 0 Å². The average Bonchev–Trinajstić information content (AvgIpc) is 2.53. The first kappa shape index (κ1) is 12.1. The maximum absolute atomic E-state index is 2.59. The zero-order chi connectivity index (χ0) is 12.1. The van der Waals surface area contributed by atoms with Gasteiger partial charge in [0.2, 0.25) is 0 Å². The summed E-state index contributed by atoms with van der Waals surface area (Å²) in [7, 11) is 0. The Kier molecular flexibility index (Phi) is 2.71. The molecule has 2 heteroatoms. The number of hydrogen-bond acceptors (Lipinski definition) is 2. The highest BCUT2D eigenvalue weighted by Crippen LogP contribution is 2.32. The van der Waals surface area contributed by atoms with Gasteiger partial charge in [-0.1, -0.05) is 0 Å². The molecule has 0 atom stereocenters. The molecule has 2 aliphatic rings. The minimum Gasteiger partial charge on any atom is -0.291 e. The second kappa shape index (κ2) is 3.58. The maximum atomic E-state index is 2.59. The predicted octanol–water partition coefficient (Wildman–Crippen LogP) is 2.51. The van der Waals surface area contributed by atoms with Crippen LogP contribution in [0.1, 0.15) is 41.5 Å². The third kappa shape index (κ3) is 2.18. The molecule has 0 spiro atoms. The van der Waals surface area contributed by atoms with E-state index in [9.17, 15) is 0 Å². The molecular formula is C14H26N2. The zero-order valence-electron chi connectivity index (χ0n) is 11.7. The van der Waals surface area contributed by atoms with Gasteiger partial charge in [-0.05, 0) is 52.7 Å². The van der Waals surface area contributed by atoms with Gasteiger partial charge in [0.25, 0.3) is 0 Å². The molecular weight excluding hydrogens is 196 g/mol. The summed E-state index contributed by atoms with van der Waals surface area (Å²) in [6.45, 7) is 18.6. The highest BCUT2D eigenvalue weighted by molar-refractivity contribution is 5.31. The third-order valence-electron chi connectivity index (χ3n) is 3.92. The van der Waals surface area contributed by atoms with Crippen LogP contribution in [-0.4, -0.2) is 47.1 Å². The van der Waals surface area contributed by atoms with E-state index >= 15 is 0 Å². The Balaban J connectivity index is 1.99. The van der Waals surface area contributed by atoms with Crippen LogP contribution in [0, 0.1) is 0 Å². The summed E-state index contributed by atoms with van der Waals surface area (Å²) in [6, 6.07) is 0. The predicted molar refractivity (Wildman–Crippen MR) is 69.7 cm³/mol. The summed E-state index contributed by atoms with van der Waals surface area (Å²) in [5.41, 5.74) is 4.00. The van der Waals surface area contributed by atoms with Gasteiger partial charge in [-0.3, -0.25) is 9.80 Å². The summed E-state index contributed by atoms with van der Waals surface area (Å²) in [6.07, 6.45) is 0. The number of nitrogens with zero attached hydrogens (tertiary/aromatic N) is 2. The average molecular weight is 222 g/mol. The van der Waals surface area contributed by atoms with E-state index in [-0.39, 0.29) is 0 Å². The lowest BCUT2D eigenvalue weighted by atomic mass is 10.1. The SMILES string of the molecule is CC(C)(C)N1CC2=C(C1)CN(C(C)(C)C)C2. The summed E-state index contributed by atoms with van der Waals surface area (Å²) >= 11 is 0. The highest BCUT2D eigenvalue weighted by atomic mass is 15.3. The zero-order valence-corrected chi connectivity index (χ0v) is 11.7. The summed E-state index contributed by atoms with van der Waals surface area (Å²) in [5, 5.41) is 0. The van der Waals surface area contributed by atoms with Gasteiger partial charge < -0.3 is 0 Å². The fourth-order valence-corrected chi connectivity index (χ4v) is 2.53. The lowest BCUT2D eigenvalue weighted by Crippen LogP contribution is -2.45. The molecule has 2 rings (SSSR count). The third-order valence-corrected chi connectivity index (χ3v) is 3.92. The number of hydrogen-bond donors (Lipinski definition) is 0. The molecule has 2 heterocycles. The van der Waals surface area contributed by atoms with Crippen LogP contribution < -0.4 is 0 Å². The molecule has 0 bridgehead atoms. The van der Waals surface area contributed by atoms with E-state index in [4.69, 9.17) is 0 Å². The largest absolute Gasteiger partial charge is 0.291 e. The first-order chi connectivity index (χ1) is 7.18. The molecule has 0 amide bonds. The van der Waals surface area contributed by atoms with Crippen LogP contribution in [0.5, 0.6) is 0 Å². The van der Waals surface area contributed by atoms with Gasteiger partial charge in [0, 0.05) is 37.3 Å². The minimum absolute atomic E-state index is 0.316. The Morgan fingerprint density at radius 2 is 0.875 bits per heavy atom. The summed E-state index contributed by atoms with van der Waals surface area (Å²) in [4.78, 5) is 5.19. The Labute approximate surface area is 100 Å². The highest BCUT2D eigenvalue weighted by Gasteiger charge is 2.37. The van der Waals surface area contributed by atoms with Crippen molar-refractivity contribution in [2.45, 2.75) is 52.6 Å². The van der Waals surface area contributed by atoms with Crippen LogP contribution in [-0.2, 0) is 0 Å². The van der Waals surface area contributed by atoms with E-state index in [0.29, 0.717) is 11.1 Å². The topological polar surface area (TPSA) is 6.48 Å².